The molecule has 0 aliphatic rings. The van der Waals surface area contributed by atoms with Gasteiger partial charge in [0.1, 0.15) is 0 Å². The largest absolute Gasteiger partial charge is 4.00 e. The third kappa shape index (κ3) is 14.2. The molecule has 6 aromatic carbocycles. The van der Waals surface area contributed by atoms with Gasteiger partial charge in [0.05, 0.1) is 0 Å². The van der Waals surface area contributed by atoms with Crippen molar-refractivity contribution in [1.29, 1.82) is 0 Å². The molecular weight excluding hydrogens is 947 g/mol. The number of benzene rings is 6. The minimum absolute atomic E-state index is 0. The summed E-state index contributed by atoms with van der Waals surface area (Å²) in [5.41, 5.74) is 17.3. The van der Waals surface area contributed by atoms with Crippen LogP contribution in [0.4, 0.5) is 10.3 Å². The number of aryl methyl sites for hydroxylation is 6. The van der Waals surface area contributed by atoms with Crippen LogP contribution in [0.15, 0.2) is 121 Å². The van der Waals surface area contributed by atoms with Gasteiger partial charge in [0.2, 0.25) is 0 Å². The van der Waals surface area contributed by atoms with Crippen LogP contribution in [-0.2, 0) is 25.8 Å². The molecule has 4 nitrogen and oxygen atoms in total. The Bertz CT molecular complexity index is 2330. The second-order valence-electron chi connectivity index (χ2n) is 15.3. The molecule has 0 aliphatic carbocycles. The molecule has 0 unspecified atom stereocenters. The summed E-state index contributed by atoms with van der Waals surface area (Å²) in [6.45, 7) is 26.6. The van der Waals surface area contributed by atoms with Crippen molar-refractivity contribution in [1.82, 2.24) is 9.97 Å². The van der Waals surface area contributed by atoms with E-state index in [0.29, 0.717) is 0 Å². The summed E-state index contributed by atoms with van der Waals surface area (Å²) < 4.78 is 2.44. The maximum atomic E-state index is 4.82. The first-order valence-corrected chi connectivity index (χ1v) is 22.7. The Labute approximate surface area is 393 Å². The Balaban J connectivity index is 0.000000202. The summed E-state index contributed by atoms with van der Waals surface area (Å²) in [5.74, 6) is 0. The molecule has 7 heteroatoms. The topological polar surface area (TPSA) is 54.0 Å². The van der Waals surface area contributed by atoms with Crippen LogP contribution in [0.5, 0.6) is 0 Å². The van der Waals surface area contributed by atoms with E-state index >= 15 is 0 Å². The molecule has 312 valence electrons. The van der Waals surface area contributed by atoms with E-state index in [0.717, 1.165) is 58.4 Å². The molecule has 8 rings (SSSR count). The van der Waals surface area contributed by atoms with Crippen molar-refractivity contribution in [3.05, 3.63) is 190 Å². The fraction of sp³-hybridized carbons (Fsp3) is 0.259. The molecule has 2 heterocycles. The van der Waals surface area contributed by atoms with Crippen LogP contribution in [0.2, 0.25) is 0 Å². The first-order chi connectivity index (χ1) is 29.0. The molecule has 8 aromatic rings. The molecule has 0 saturated carbocycles. The quantitative estimate of drug-likeness (QED) is 0.0779. The Hall–Kier alpha value is -4.69. The van der Waals surface area contributed by atoms with Crippen molar-refractivity contribution >= 4 is 53.4 Å². The zero-order chi connectivity index (χ0) is 43.0. The van der Waals surface area contributed by atoms with Crippen molar-refractivity contribution < 1.29 is 25.8 Å². The number of fused-ring (bicyclic) bond motifs is 2. The van der Waals surface area contributed by atoms with Gasteiger partial charge in [-0.25, -0.2) is 0 Å². The molecule has 0 N–H and O–H groups in total. The fourth-order valence-electron chi connectivity index (χ4n) is 7.24. The minimum Gasteiger partial charge on any atom is -0.457 e. The zero-order valence-corrected chi connectivity index (χ0v) is 42.5. The molecule has 0 atom stereocenters. The van der Waals surface area contributed by atoms with Gasteiger partial charge in [-0.2, -0.15) is 49.2 Å². The molecule has 0 saturated heterocycles. The van der Waals surface area contributed by atoms with Crippen molar-refractivity contribution in [2.75, 3.05) is 13.1 Å². The molecule has 2 aromatic heterocycles. The number of rotatable bonds is 10. The van der Waals surface area contributed by atoms with Gasteiger partial charge in [0, 0.05) is 9.40 Å². The maximum Gasteiger partial charge on any atom is 4.00 e. The van der Waals surface area contributed by atoms with E-state index in [2.05, 4.69) is 141 Å². The second kappa shape index (κ2) is 24.7. The van der Waals surface area contributed by atoms with Crippen LogP contribution < -0.4 is 0 Å². The molecule has 0 spiro atoms. The van der Waals surface area contributed by atoms with Crippen LogP contribution in [0.1, 0.15) is 84.0 Å². The predicted molar refractivity (Wildman–Crippen MR) is 266 cm³/mol. The van der Waals surface area contributed by atoms with Gasteiger partial charge in [0.25, 0.3) is 0 Å². The first-order valence-electron chi connectivity index (χ1n) is 21.0. The van der Waals surface area contributed by atoms with Crippen LogP contribution in [-0.4, -0.2) is 23.1 Å². The number of thiazole rings is 2. The summed E-state index contributed by atoms with van der Waals surface area (Å²) in [5, 5.41) is 11.1. The predicted octanol–water partition coefficient (Wildman–Crippen LogP) is 17.1. The summed E-state index contributed by atoms with van der Waals surface area (Å²) in [4.78, 5) is 9.63. The minimum atomic E-state index is 0. The molecule has 0 bridgehead atoms. The van der Waals surface area contributed by atoms with E-state index in [1.54, 1.807) is 22.7 Å². The maximum absolute atomic E-state index is 4.82. The zero-order valence-electron chi connectivity index (χ0n) is 37.3. The van der Waals surface area contributed by atoms with Crippen molar-refractivity contribution in [2.45, 2.75) is 81.1 Å². The van der Waals surface area contributed by atoms with Gasteiger partial charge in [-0.3, -0.25) is 0 Å². The van der Waals surface area contributed by atoms with Gasteiger partial charge in [-0.05, 0) is 133 Å². The van der Waals surface area contributed by atoms with Crippen molar-refractivity contribution in [3.63, 3.8) is 0 Å². The average molecular weight is 1010 g/mol. The van der Waals surface area contributed by atoms with Crippen LogP contribution in [0, 0.1) is 55.4 Å². The Morgan fingerprint density at radius 1 is 0.475 bits per heavy atom. The van der Waals surface area contributed by atoms with Gasteiger partial charge in [-0.15, -0.1) is 46.9 Å². The molecule has 0 amide bonds. The van der Waals surface area contributed by atoms with Crippen LogP contribution >= 0.6 is 22.7 Å². The average Bonchev–Trinajstić information content (AvgIpc) is 3.84. The van der Waals surface area contributed by atoms with Crippen molar-refractivity contribution in [2.24, 2.45) is 0 Å². The number of aromatic nitrogens is 2. The van der Waals surface area contributed by atoms with E-state index in [4.69, 9.17) is 9.97 Å². The van der Waals surface area contributed by atoms with Gasteiger partial charge >= 0.3 is 25.8 Å². The first kappa shape index (κ1) is 49.0. The van der Waals surface area contributed by atoms with Crippen LogP contribution in [0.3, 0.4) is 0 Å². The Morgan fingerprint density at radius 3 is 1.11 bits per heavy atom. The van der Waals surface area contributed by atoms with Gasteiger partial charge in [-0.1, -0.05) is 111 Å². The van der Waals surface area contributed by atoms with E-state index in [-0.39, 0.29) is 25.8 Å². The Morgan fingerprint density at radius 2 is 0.820 bits per heavy atom. The number of para-hydroxylation sites is 2. The van der Waals surface area contributed by atoms with Gasteiger partial charge in [0.15, 0.2) is 0 Å². The second-order valence-corrected chi connectivity index (χ2v) is 17.3. The number of nitrogens with zero attached hydrogens (tertiary/aromatic N) is 4. The van der Waals surface area contributed by atoms with Crippen molar-refractivity contribution in [3.8, 4) is 22.3 Å². The summed E-state index contributed by atoms with van der Waals surface area (Å²) in [6, 6.07) is 41.7. The van der Waals surface area contributed by atoms with E-state index in [1.807, 2.05) is 60.7 Å². The monoisotopic (exact) mass is 1010 g/mol. The van der Waals surface area contributed by atoms with Gasteiger partial charge < -0.3 is 20.6 Å². The molecular formula is C54H60HfN4S2. The SMILES string of the molecule is CCCC[N-]c1nc2c(-c3c(C)cc(C)cc3C)cccc2s1.CCCC[N-]c1nc2c(-c3c(C)cc(C)cc3C)cccc2s1.[CH2-]c1ccccc1.[CH2-]c1ccccc1.[Hf+4]. The van der Waals surface area contributed by atoms with Crippen LogP contribution in [0.25, 0.3) is 53.3 Å². The number of hydrogen-bond acceptors (Lipinski definition) is 4. The number of hydrogen-bond donors (Lipinski definition) is 0. The summed E-state index contributed by atoms with van der Waals surface area (Å²) >= 11 is 3.39. The third-order valence-corrected chi connectivity index (χ3v) is 11.8. The smallest absolute Gasteiger partial charge is 0.457 e. The molecule has 0 fully saturated rings. The van der Waals surface area contributed by atoms with E-state index < -0.39 is 0 Å². The standard InChI is InChI=1S/2C20H23N2S.2C7H7.Hf/c2*1-5-6-10-21-20-22-19-16(8-7-9-17(19)23-20)18-14(3)11-13(2)12-15(18)4;2*1-7-5-3-2-4-6-7;/h2*7-9,11-12H,5-6,10H2,1-4H3;2*2-6H,1H2;/q4*-1;+4. The normalized spacial score (nSPS) is 10.4. The summed E-state index contributed by atoms with van der Waals surface area (Å²) in [6.07, 6.45) is 4.58. The molecule has 0 radical (unpaired) electrons. The number of unbranched alkanes of at least 4 members (excludes halogenated alkanes) is 2. The summed E-state index contributed by atoms with van der Waals surface area (Å²) in [7, 11) is 0. The fourth-order valence-corrected chi connectivity index (χ4v) is 9.02. The Kier molecular flexibility index (Phi) is 19.8. The molecule has 0 aliphatic heterocycles. The van der Waals surface area contributed by atoms with E-state index in [1.165, 1.54) is 77.9 Å². The van der Waals surface area contributed by atoms with E-state index in [9.17, 15) is 0 Å². The molecule has 61 heavy (non-hydrogen) atoms. The third-order valence-electron chi connectivity index (χ3n) is 9.91.